The molecule has 3 nitrogen and oxygen atoms in total. The number of fused-ring (bicyclic) bond motifs is 1. The lowest BCUT2D eigenvalue weighted by Gasteiger charge is -2.08. The molecule has 2 rings (SSSR count). The fraction of sp³-hybridized carbons (Fsp3) is 0.455. The molecule has 2 heterocycles. The monoisotopic (exact) mass is 189 g/mol. The summed E-state index contributed by atoms with van der Waals surface area (Å²) >= 11 is 0. The normalized spacial score (nSPS) is 11.1. The average molecular weight is 189 g/mol. The second kappa shape index (κ2) is 3.40. The van der Waals surface area contributed by atoms with Gasteiger partial charge in [0.05, 0.1) is 0 Å². The first-order valence-corrected chi connectivity index (χ1v) is 5.02. The highest BCUT2D eigenvalue weighted by atomic mass is 15.3. The van der Waals surface area contributed by atoms with Crippen molar-refractivity contribution in [2.75, 3.05) is 0 Å². The molecule has 0 fully saturated rings. The second-order valence-electron chi connectivity index (χ2n) is 3.68. The van der Waals surface area contributed by atoms with Gasteiger partial charge in [0, 0.05) is 6.20 Å². The third-order valence-corrected chi connectivity index (χ3v) is 2.75. The molecule has 0 unspecified atom stereocenters. The number of rotatable bonds is 2. The Morgan fingerprint density at radius 3 is 2.79 bits per heavy atom. The van der Waals surface area contributed by atoms with E-state index in [2.05, 4.69) is 37.1 Å². The van der Waals surface area contributed by atoms with Crippen LogP contribution in [0.4, 0.5) is 0 Å². The third-order valence-electron chi connectivity index (χ3n) is 2.75. The van der Waals surface area contributed by atoms with Crippen molar-refractivity contribution in [1.82, 2.24) is 14.6 Å². The van der Waals surface area contributed by atoms with Gasteiger partial charge in [-0.05, 0) is 37.0 Å². The van der Waals surface area contributed by atoms with Gasteiger partial charge in [0.15, 0.2) is 5.65 Å². The van der Waals surface area contributed by atoms with Gasteiger partial charge in [0.25, 0.3) is 0 Å². The zero-order valence-corrected chi connectivity index (χ0v) is 8.91. The Bertz CT molecular complexity index is 457. The Morgan fingerprint density at radius 2 is 2.07 bits per heavy atom. The highest BCUT2D eigenvalue weighted by Gasteiger charge is 2.07. The fourth-order valence-corrected chi connectivity index (χ4v) is 1.79. The standard InChI is InChI=1S/C11H15N3/c1-4-5-10-6-14-11(12-7-13-14)9(3)8(10)2/h6-7H,4-5H2,1-3H3. The maximum Gasteiger partial charge on any atom is 0.158 e. The van der Waals surface area contributed by atoms with E-state index < -0.39 is 0 Å². The van der Waals surface area contributed by atoms with Crippen molar-refractivity contribution in [1.29, 1.82) is 0 Å². The van der Waals surface area contributed by atoms with Gasteiger partial charge in [-0.1, -0.05) is 13.3 Å². The summed E-state index contributed by atoms with van der Waals surface area (Å²) in [5.41, 5.74) is 4.95. The molecule has 74 valence electrons. The lowest BCUT2D eigenvalue weighted by atomic mass is 10.0. The average Bonchev–Trinajstić information content (AvgIpc) is 2.62. The van der Waals surface area contributed by atoms with Gasteiger partial charge < -0.3 is 0 Å². The van der Waals surface area contributed by atoms with Crippen LogP contribution in [0.1, 0.15) is 30.0 Å². The van der Waals surface area contributed by atoms with Crippen LogP contribution in [0, 0.1) is 13.8 Å². The first-order chi connectivity index (χ1) is 6.74. The van der Waals surface area contributed by atoms with Crippen molar-refractivity contribution >= 4 is 5.65 Å². The van der Waals surface area contributed by atoms with Crippen molar-refractivity contribution in [3.8, 4) is 0 Å². The lowest BCUT2D eigenvalue weighted by Crippen LogP contribution is -1.99. The summed E-state index contributed by atoms with van der Waals surface area (Å²) in [4.78, 5) is 4.23. The summed E-state index contributed by atoms with van der Waals surface area (Å²) in [7, 11) is 0. The molecular weight excluding hydrogens is 174 g/mol. The summed E-state index contributed by atoms with van der Waals surface area (Å²) in [6.07, 6.45) is 5.98. The van der Waals surface area contributed by atoms with Crippen LogP contribution >= 0.6 is 0 Å². The Morgan fingerprint density at radius 1 is 1.29 bits per heavy atom. The van der Waals surface area contributed by atoms with Crippen molar-refractivity contribution in [2.24, 2.45) is 0 Å². The Balaban J connectivity index is 2.67. The molecule has 0 amide bonds. The lowest BCUT2D eigenvalue weighted by molar-refractivity contribution is 0.867. The molecule has 14 heavy (non-hydrogen) atoms. The first-order valence-electron chi connectivity index (χ1n) is 5.02. The van der Waals surface area contributed by atoms with E-state index in [9.17, 15) is 0 Å². The molecule has 0 bridgehead atoms. The maximum absolute atomic E-state index is 4.23. The third kappa shape index (κ3) is 1.29. The minimum absolute atomic E-state index is 0.974. The number of aryl methyl sites for hydroxylation is 2. The van der Waals surface area contributed by atoms with E-state index >= 15 is 0 Å². The van der Waals surface area contributed by atoms with Crippen molar-refractivity contribution < 1.29 is 0 Å². The summed E-state index contributed by atoms with van der Waals surface area (Å²) in [5, 5.41) is 4.17. The summed E-state index contributed by atoms with van der Waals surface area (Å²) in [5.74, 6) is 0. The van der Waals surface area contributed by atoms with Crippen LogP contribution in [-0.2, 0) is 6.42 Å². The van der Waals surface area contributed by atoms with Crippen LogP contribution in [0.5, 0.6) is 0 Å². The molecule has 0 aliphatic carbocycles. The topological polar surface area (TPSA) is 30.2 Å². The number of nitrogens with zero attached hydrogens (tertiary/aromatic N) is 3. The minimum atomic E-state index is 0.974. The van der Waals surface area contributed by atoms with Crippen LogP contribution in [-0.4, -0.2) is 14.6 Å². The van der Waals surface area contributed by atoms with E-state index in [1.165, 1.54) is 23.1 Å². The van der Waals surface area contributed by atoms with Crippen LogP contribution in [0.2, 0.25) is 0 Å². The summed E-state index contributed by atoms with van der Waals surface area (Å²) in [6.45, 7) is 6.47. The van der Waals surface area contributed by atoms with E-state index in [1.54, 1.807) is 6.33 Å². The Kier molecular flexibility index (Phi) is 2.23. The highest BCUT2D eigenvalue weighted by molar-refractivity contribution is 5.51. The predicted octanol–water partition coefficient (Wildman–Crippen LogP) is 2.30. The van der Waals surface area contributed by atoms with E-state index in [1.807, 2.05) is 4.52 Å². The highest BCUT2D eigenvalue weighted by Crippen LogP contribution is 2.17. The van der Waals surface area contributed by atoms with E-state index in [-0.39, 0.29) is 0 Å². The Labute approximate surface area is 83.8 Å². The fourth-order valence-electron chi connectivity index (χ4n) is 1.79. The van der Waals surface area contributed by atoms with E-state index in [0.29, 0.717) is 0 Å². The van der Waals surface area contributed by atoms with Crippen molar-refractivity contribution in [3.63, 3.8) is 0 Å². The molecule has 2 aromatic heterocycles. The Hall–Kier alpha value is -1.38. The first kappa shape index (κ1) is 9.19. The van der Waals surface area contributed by atoms with Gasteiger partial charge >= 0.3 is 0 Å². The summed E-state index contributed by atoms with van der Waals surface area (Å²) < 4.78 is 1.87. The number of pyridine rings is 1. The molecule has 0 aliphatic rings. The van der Waals surface area contributed by atoms with E-state index in [4.69, 9.17) is 0 Å². The maximum atomic E-state index is 4.23. The van der Waals surface area contributed by atoms with Crippen molar-refractivity contribution in [3.05, 3.63) is 29.2 Å². The van der Waals surface area contributed by atoms with Gasteiger partial charge in [0.2, 0.25) is 0 Å². The van der Waals surface area contributed by atoms with Gasteiger partial charge in [-0.25, -0.2) is 9.50 Å². The molecule has 0 spiro atoms. The van der Waals surface area contributed by atoms with Crippen molar-refractivity contribution in [2.45, 2.75) is 33.6 Å². The number of hydrogen-bond acceptors (Lipinski definition) is 2. The quantitative estimate of drug-likeness (QED) is 0.725. The molecular formula is C11H15N3. The molecule has 3 heteroatoms. The van der Waals surface area contributed by atoms with Gasteiger partial charge in [-0.15, -0.1) is 0 Å². The zero-order chi connectivity index (χ0) is 10.1. The molecule has 0 aromatic carbocycles. The largest absolute Gasteiger partial charge is 0.221 e. The molecule has 0 N–H and O–H groups in total. The van der Waals surface area contributed by atoms with E-state index in [0.717, 1.165) is 12.1 Å². The molecule has 0 atom stereocenters. The summed E-state index contributed by atoms with van der Waals surface area (Å²) in [6, 6.07) is 0. The number of hydrogen-bond donors (Lipinski definition) is 0. The molecule has 0 saturated heterocycles. The molecule has 0 radical (unpaired) electrons. The van der Waals surface area contributed by atoms with Crippen LogP contribution in [0.3, 0.4) is 0 Å². The molecule has 2 aromatic rings. The van der Waals surface area contributed by atoms with Gasteiger partial charge in [0.1, 0.15) is 6.33 Å². The van der Waals surface area contributed by atoms with Gasteiger partial charge in [-0.2, -0.15) is 5.10 Å². The zero-order valence-electron chi connectivity index (χ0n) is 8.91. The SMILES string of the molecule is CCCc1cn2ncnc2c(C)c1C. The van der Waals surface area contributed by atoms with Crippen LogP contribution in [0.15, 0.2) is 12.5 Å². The minimum Gasteiger partial charge on any atom is -0.221 e. The molecule has 0 saturated carbocycles. The van der Waals surface area contributed by atoms with Gasteiger partial charge in [-0.3, -0.25) is 0 Å². The second-order valence-corrected chi connectivity index (χ2v) is 3.68. The van der Waals surface area contributed by atoms with Crippen LogP contribution in [0.25, 0.3) is 5.65 Å². The number of aromatic nitrogens is 3. The predicted molar refractivity (Wildman–Crippen MR) is 56.5 cm³/mol. The molecule has 0 aliphatic heterocycles. The smallest absolute Gasteiger partial charge is 0.158 e. The van der Waals surface area contributed by atoms with Crippen LogP contribution < -0.4 is 0 Å².